The van der Waals surface area contributed by atoms with Gasteiger partial charge in [0.05, 0.1) is 12.6 Å². The van der Waals surface area contributed by atoms with E-state index in [4.69, 9.17) is 4.74 Å². The summed E-state index contributed by atoms with van der Waals surface area (Å²) in [5, 5.41) is 1.26. The SMILES string of the molecule is C/C=C\c1cn(Cc2ccc(OC)cc2)c2cccc(Br)c12. The van der Waals surface area contributed by atoms with Gasteiger partial charge in [-0.3, -0.25) is 0 Å². The number of nitrogens with zero attached hydrogens (tertiary/aromatic N) is 1. The van der Waals surface area contributed by atoms with Crippen LogP contribution in [0.25, 0.3) is 17.0 Å². The maximum atomic E-state index is 5.22. The van der Waals surface area contributed by atoms with E-state index in [9.17, 15) is 0 Å². The quantitative estimate of drug-likeness (QED) is 0.603. The van der Waals surface area contributed by atoms with Gasteiger partial charge in [0.1, 0.15) is 5.75 Å². The molecule has 2 nitrogen and oxygen atoms in total. The fraction of sp³-hybridized carbons (Fsp3) is 0.158. The maximum absolute atomic E-state index is 5.22. The molecule has 1 aromatic heterocycles. The van der Waals surface area contributed by atoms with Gasteiger partial charge in [0.2, 0.25) is 0 Å². The first-order valence-electron chi connectivity index (χ1n) is 7.26. The van der Waals surface area contributed by atoms with E-state index in [1.807, 2.05) is 19.1 Å². The first-order chi connectivity index (χ1) is 10.7. The molecule has 3 heteroatoms. The van der Waals surface area contributed by atoms with E-state index >= 15 is 0 Å². The second kappa shape index (κ2) is 6.41. The molecule has 0 N–H and O–H groups in total. The Morgan fingerprint density at radius 3 is 2.59 bits per heavy atom. The fourth-order valence-corrected chi connectivity index (χ4v) is 3.29. The lowest BCUT2D eigenvalue weighted by Gasteiger charge is -2.07. The summed E-state index contributed by atoms with van der Waals surface area (Å²) in [5.41, 5.74) is 3.72. The minimum atomic E-state index is 0.842. The van der Waals surface area contributed by atoms with Crippen molar-refractivity contribution < 1.29 is 4.74 Å². The molecule has 0 bridgehead atoms. The number of allylic oxidation sites excluding steroid dienone is 1. The molecule has 0 aliphatic carbocycles. The Morgan fingerprint density at radius 1 is 1.14 bits per heavy atom. The lowest BCUT2D eigenvalue weighted by Crippen LogP contribution is -1.97. The third-order valence-electron chi connectivity index (χ3n) is 3.74. The number of rotatable bonds is 4. The van der Waals surface area contributed by atoms with Crippen LogP contribution in [0.15, 0.2) is 59.2 Å². The number of hydrogen-bond acceptors (Lipinski definition) is 1. The first-order valence-corrected chi connectivity index (χ1v) is 8.05. The summed E-state index contributed by atoms with van der Waals surface area (Å²) in [7, 11) is 1.69. The number of methoxy groups -OCH3 is 1. The summed E-state index contributed by atoms with van der Waals surface area (Å²) in [6.45, 7) is 2.89. The number of halogens is 1. The molecule has 0 amide bonds. The first kappa shape index (κ1) is 14.9. The highest BCUT2D eigenvalue weighted by Crippen LogP contribution is 2.30. The average Bonchev–Trinajstić information content (AvgIpc) is 2.88. The molecule has 0 unspecified atom stereocenters. The van der Waals surface area contributed by atoms with Crippen molar-refractivity contribution in [3.05, 3.63) is 70.3 Å². The fourth-order valence-electron chi connectivity index (χ4n) is 2.70. The summed E-state index contributed by atoms with van der Waals surface area (Å²) < 4.78 is 8.64. The predicted octanol–water partition coefficient (Wildman–Crippen LogP) is 5.49. The second-order valence-corrected chi connectivity index (χ2v) is 6.05. The highest BCUT2D eigenvalue weighted by molar-refractivity contribution is 9.10. The van der Waals surface area contributed by atoms with Crippen molar-refractivity contribution in [2.24, 2.45) is 0 Å². The molecule has 22 heavy (non-hydrogen) atoms. The number of hydrogen-bond donors (Lipinski definition) is 0. The summed E-state index contributed by atoms with van der Waals surface area (Å²) in [6.07, 6.45) is 6.43. The molecule has 112 valence electrons. The van der Waals surface area contributed by atoms with Crippen molar-refractivity contribution >= 4 is 32.9 Å². The van der Waals surface area contributed by atoms with Gasteiger partial charge in [-0.2, -0.15) is 0 Å². The number of benzene rings is 2. The maximum Gasteiger partial charge on any atom is 0.118 e. The van der Waals surface area contributed by atoms with Crippen LogP contribution in [0, 0.1) is 0 Å². The van der Waals surface area contributed by atoms with Gasteiger partial charge in [0.25, 0.3) is 0 Å². The molecule has 0 saturated carbocycles. The highest BCUT2D eigenvalue weighted by atomic mass is 79.9. The Balaban J connectivity index is 2.04. The van der Waals surface area contributed by atoms with Gasteiger partial charge < -0.3 is 9.30 Å². The van der Waals surface area contributed by atoms with Crippen LogP contribution in [0.3, 0.4) is 0 Å². The van der Waals surface area contributed by atoms with Crippen LogP contribution in [0.4, 0.5) is 0 Å². The van der Waals surface area contributed by atoms with E-state index in [0.29, 0.717) is 0 Å². The third kappa shape index (κ3) is 2.81. The minimum absolute atomic E-state index is 0.842. The van der Waals surface area contributed by atoms with Gasteiger partial charge in [-0.25, -0.2) is 0 Å². The van der Waals surface area contributed by atoms with Gasteiger partial charge in [0.15, 0.2) is 0 Å². The topological polar surface area (TPSA) is 14.2 Å². The summed E-state index contributed by atoms with van der Waals surface area (Å²) in [5.74, 6) is 0.887. The molecule has 3 aromatic rings. The van der Waals surface area contributed by atoms with E-state index in [-0.39, 0.29) is 0 Å². The van der Waals surface area contributed by atoms with Crippen LogP contribution in [0.5, 0.6) is 5.75 Å². The second-order valence-electron chi connectivity index (χ2n) is 5.19. The molecule has 0 atom stereocenters. The largest absolute Gasteiger partial charge is 0.497 e. The normalized spacial score (nSPS) is 11.4. The number of ether oxygens (including phenoxy) is 1. The Kier molecular flexibility index (Phi) is 4.34. The van der Waals surface area contributed by atoms with Crippen molar-refractivity contribution in [1.29, 1.82) is 0 Å². The molecule has 1 heterocycles. The van der Waals surface area contributed by atoms with Crippen molar-refractivity contribution in [2.75, 3.05) is 7.11 Å². The molecule has 0 fully saturated rings. The van der Waals surface area contributed by atoms with Crippen molar-refractivity contribution in [3.63, 3.8) is 0 Å². The van der Waals surface area contributed by atoms with Crippen LogP contribution < -0.4 is 4.74 Å². The molecule has 0 aliphatic rings. The molecule has 0 spiro atoms. The third-order valence-corrected chi connectivity index (χ3v) is 4.40. The molecule has 0 saturated heterocycles. The van der Waals surface area contributed by atoms with Crippen molar-refractivity contribution in [2.45, 2.75) is 13.5 Å². The Labute approximate surface area is 139 Å². The zero-order valence-electron chi connectivity index (χ0n) is 12.7. The minimum Gasteiger partial charge on any atom is -0.497 e. The van der Waals surface area contributed by atoms with Gasteiger partial charge in [-0.05, 0) is 36.8 Å². The highest BCUT2D eigenvalue weighted by Gasteiger charge is 2.09. The summed E-state index contributed by atoms with van der Waals surface area (Å²) in [6, 6.07) is 14.6. The number of aromatic nitrogens is 1. The van der Waals surface area contributed by atoms with Crippen LogP contribution >= 0.6 is 15.9 Å². The molecule has 2 aromatic carbocycles. The summed E-state index contributed by atoms with van der Waals surface area (Å²) >= 11 is 3.67. The Bertz CT molecular complexity index is 815. The van der Waals surface area contributed by atoms with Gasteiger partial charge in [-0.15, -0.1) is 0 Å². The molecule has 3 rings (SSSR count). The Morgan fingerprint density at radius 2 is 1.91 bits per heavy atom. The van der Waals surface area contributed by atoms with E-state index in [1.54, 1.807) is 7.11 Å². The van der Waals surface area contributed by atoms with Crippen LogP contribution in [-0.4, -0.2) is 11.7 Å². The van der Waals surface area contributed by atoms with Gasteiger partial charge >= 0.3 is 0 Å². The van der Waals surface area contributed by atoms with Crippen LogP contribution in [0.1, 0.15) is 18.1 Å². The van der Waals surface area contributed by atoms with E-state index < -0.39 is 0 Å². The van der Waals surface area contributed by atoms with E-state index in [2.05, 4.69) is 69.2 Å². The molecule has 0 aliphatic heterocycles. The van der Waals surface area contributed by atoms with Crippen molar-refractivity contribution in [3.8, 4) is 5.75 Å². The van der Waals surface area contributed by atoms with Crippen LogP contribution in [-0.2, 0) is 6.54 Å². The lowest BCUT2D eigenvalue weighted by atomic mass is 10.1. The monoisotopic (exact) mass is 355 g/mol. The van der Waals surface area contributed by atoms with Crippen molar-refractivity contribution in [1.82, 2.24) is 4.57 Å². The lowest BCUT2D eigenvalue weighted by molar-refractivity contribution is 0.414. The number of fused-ring (bicyclic) bond motifs is 1. The van der Waals surface area contributed by atoms with E-state index in [0.717, 1.165) is 16.8 Å². The van der Waals surface area contributed by atoms with E-state index in [1.165, 1.54) is 22.0 Å². The smallest absolute Gasteiger partial charge is 0.118 e. The van der Waals surface area contributed by atoms with Crippen LogP contribution in [0.2, 0.25) is 0 Å². The summed E-state index contributed by atoms with van der Waals surface area (Å²) in [4.78, 5) is 0. The predicted molar refractivity (Wildman–Crippen MR) is 96.4 cm³/mol. The average molecular weight is 356 g/mol. The standard InChI is InChI=1S/C19H18BrNO/c1-3-5-15-13-21(18-7-4-6-17(20)19(15)18)12-14-8-10-16(22-2)11-9-14/h3-11,13H,12H2,1-2H3/b5-3-. The zero-order valence-corrected chi connectivity index (χ0v) is 14.3. The van der Waals surface area contributed by atoms with Gasteiger partial charge in [0, 0.05) is 28.2 Å². The zero-order chi connectivity index (χ0) is 15.5. The van der Waals surface area contributed by atoms with Gasteiger partial charge in [-0.1, -0.05) is 46.3 Å². The Hall–Kier alpha value is -2.00. The molecule has 0 radical (unpaired) electrons. The molecular weight excluding hydrogens is 338 g/mol. The molecular formula is C19H18BrNO.